The molecule has 0 spiro atoms. The van der Waals surface area contributed by atoms with Gasteiger partial charge in [-0.3, -0.25) is 10.1 Å². The van der Waals surface area contributed by atoms with Crippen LogP contribution in [0.15, 0.2) is 41.7 Å². The summed E-state index contributed by atoms with van der Waals surface area (Å²) in [6.07, 6.45) is 0.810. The number of likely N-dealkylation sites (N-methyl/N-ethyl adjacent to an activating group) is 1. The first-order valence-corrected chi connectivity index (χ1v) is 9.29. The molecule has 150 valence electrons. The smallest absolute Gasteiger partial charge is 0.167 e. The lowest BCUT2D eigenvalue weighted by Gasteiger charge is -2.04. The molecule has 0 atom stereocenters. The van der Waals surface area contributed by atoms with Crippen LogP contribution in [0.5, 0.6) is 0 Å². The lowest BCUT2D eigenvalue weighted by Crippen LogP contribution is -2.29. The highest BCUT2D eigenvalue weighted by molar-refractivity contribution is 5.74. The van der Waals surface area contributed by atoms with E-state index in [-0.39, 0.29) is 6.73 Å². The average molecular weight is 367 g/mol. The molecule has 0 radical (unpaired) electrons. The molecule has 0 saturated carbocycles. The quantitative estimate of drug-likeness (QED) is 0.195. The van der Waals surface area contributed by atoms with E-state index < -0.39 is 0 Å². The Morgan fingerprint density at radius 3 is 2.12 bits per heavy atom. The second-order valence-electron chi connectivity index (χ2n) is 5.12. The number of rotatable bonds is 7. The Balaban J connectivity index is 0. The van der Waals surface area contributed by atoms with Crippen LogP contribution in [0.25, 0.3) is 0 Å². The number of nitrogens with zero attached hydrogens (tertiary/aromatic N) is 1. The normalized spacial score (nSPS) is 13.0. The fourth-order valence-corrected chi connectivity index (χ4v) is 1.66. The van der Waals surface area contributed by atoms with Gasteiger partial charge in [0.25, 0.3) is 0 Å². The molecule has 0 amide bonds. The van der Waals surface area contributed by atoms with Crippen molar-refractivity contribution in [2.45, 2.75) is 34.6 Å². The molecule has 6 heteroatoms. The number of hydrogen-bond acceptors (Lipinski definition) is 6. The maximum atomic E-state index is 10.6. The van der Waals surface area contributed by atoms with Crippen LogP contribution in [0.4, 0.5) is 0 Å². The number of aliphatic hydroxyl groups excluding tert-OH is 1. The van der Waals surface area contributed by atoms with Crippen molar-refractivity contribution in [1.82, 2.24) is 20.9 Å². The van der Waals surface area contributed by atoms with E-state index in [0.717, 1.165) is 31.6 Å². The van der Waals surface area contributed by atoms with Gasteiger partial charge in [-0.1, -0.05) is 56.7 Å². The number of aryl methyl sites for hydroxylation is 1. The molecule has 1 aromatic carbocycles. The van der Waals surface area contributed by atoms with Gasteiger partial charge in [0, 0.05) is 6.54 Å². The van der Waals surface area contributed by atoms with Crippen molar-refractivity contribution in [1.29, 1.82) is 0 Å². The van der Waals surface area contributed by atoms with Crippen molar-refractivity contribution >= 4 is 6.29 Å². The number of allylic oxidation sites excluding steroid dienone is 1. The molecular weight excluding hydrogens is 328 g/mol. The molecule has 26 heavy (non-hydrogen) atoms. The van der Waals surface area contributed by atoms with Crippen LogP contribution in [0.3, 0.4) is 0 Å². The summed E-state index contributed by atoms with van der Waals surface area (Å²) in [5.41, 5.74) is 2.99. The van der Waals surface area contributed by atoms with Gasteiger partial charge >= 0.3 is 0 Å². The number of nitrogens with one attached hydrogen (secondary N) is 3. The number of hydrogen-bond donors (Lipinski definition) is 4. The Kier molecular flexibility index (Phi) is 19.7. The molecule has 4 N–H and O–H groups in total. The number of carbonyl (C=O) groups excluding carboxylic acids is 1. The van der Waals surface area contributed by atoms with Crippen LogP contribution < -0.4 is 16.0 Å². The third kappa shape index (κ3) is 14.5. The van der Waals surface area contributed by atoms with E-state index in [1.165, 1.54) is 5.56 Å². The van der Waals surface area contributed by atoms with Crippen molar-refractivity contribution in [3.8, 4) is 0 Å². The monoisotopic (exact) mass is 366 g/mol. The summed E-state index contributed by atoms with van der Waals surface area (Å²) < 4.78 is 0. The van der Waals surface area contributed by atoms with E-state index in [2.05, 4.69) is 46.8 Å². The SMILES string of the molecule is CC.CCN1C/C1=C(\C=O)NCNCO.CCNC.Cc1ccccc1. The highest BCUT2D eigenvalue weighted by Crippen LogP contribution is 2.22. The second-order valence-corrected chi connectivity index (χ2v) is 5.12. The fraction of sp³-hybridized carbons (Fsp3) is 0.550. The van der Waals surface area contributed by atoms with Gasteiger partial charge in [-0.05, 0) is 27.4 Å². The first kappa shape index (κ1) is 26.3. The van der Waals surface area contributed by atoms with Gasteiger partial charge in [0.05, 0.1) is 31.3 Å². The Bertz CT molecular complexity index is 462. The van der Waals surface area contributed by atoms with Gasteiger partial charge < -0.3 is 20.6 Å². The van der Waals surface area contributed by atoms with Gasteiger partial charge in [0.1, 0.15) is 0 Å². The maximum Gasteiger partial charge on any atom is 0.167 e. The zero-order chi connectivity index (χ0) is 20.2. The predicted octanol–water partition coefficient (Wildman–Crippen LogP) is 2.07. The maximum absolute atomic E-state index is 10.6. The van der Waals surface area contributed by atoms with Crippen molar-refractivity contribution < 1.29 is 9.90 Å². The lowest BCUT2D eigenvalue weighted by molar-refractivity contribution is -0.105. The summed E-state index contributed by atoms with van der Waals surface area (Å²) in [7, 11) is 1.93. The number of aliphatic hydroxyl groups is 1. The molecule has 0 aliphatic carbocycles. The molecule has 0 bridgehead atoms. The molecular formula is C20H38N4O2. The van der Waals surface area contributed by atoms with Crippen LogP contribution in [-0.2, 0) is 4.79 Å². The molecule has 1 heterocycles. The van der Waals surface area contributed by atoms with Gasteiger partial charge in [-0.2, -0.15) is 0 Å². The molecule has 2 rings (SSSR count). The van der Waals surface area contributed by atoms with Crippen LogP contribution in [0.2, 0.25) is 0 Å². The minimum absolute atomic E-state index is 0.0913. The van der Waals surface area contributed by atoms with Gasteiger partial charge in [-0.25, -0.2) is 0 Å². The lowest BCUT2D eigenvalue weighted by atomic mass is 10.2. The molecule has 0 unspecified atom stereocenters. The summed E-state index contributed by atoms with van der Waals surface area (Å²) >= 11 is 0. The molecule has 1 aliphatic heterocycles. The first-order valence-electron chi connectivity index (χ1n) is 9.29. The van der Waals surface area contributed by atoms with Gasteiger partial charge in [-0.15, -0.1) is 0 Å². The van der Waals surface area contributed by atoms with Gasteiger partial charge in [0.15, 0.2) is 6.29 Å². The number of carbonyl (C=O) groups is 1. The zero-order valence-corrected chi connectivity index (χ0v) is 17.3. The third-order valence-corrected chi connectivity index (χ3v) is 3.24. The van der Waals surface area contributed by atoms with Crippen molar-refractivity contribution in [3.05, 3.63) is 47.3 Å². The third-order valence-electron chi connectivity index (χ3n) is 3.24. The van der Waals surface area contributed by atoms with Crippen molar-refractivity contribution in [3.63, 3.8) is 0 Å². The molecule has 0 aromatic heterocycles. The summed E-state index contributed by atoms with van der Waals surface area (Å²) in [5.74, 6) is 0. The van der Waals surface area contributed by atoms with E-state index in [0.29, 0.717) is 12.4 Å². The van der Waals surface area contributed by atoms with E-state index in [4.69, 9.17) is 5.11 Å². The van der Waals surface area contributed by atoms with E-state index in [1.807, 2.05) is 46.0 Å². The van der Waals surface area contributed by atoms with Crippen molar-refractivity contribution in [2.75, 3.05) is 40.1 Å². The summed E-state index contributed by atoms with van der Waals surface area (Å²) in [5, 5.41) is 16.9. The molecule has 1 aliphatic rings. The minimum atomic E-state index is -0.0913. The average Bonchev–Trinajstić information content (AvgIpc) is 3.48. The Morgan fingerprint density at radius 2 is 1.81 bits per heavy atom. The van der Waals surface area contributed by atoms with E-state index >= 15 is 0 Å². The summed E-state index contributed by atoms with van der Waals surface area (Å²) in [6.45, 7) is 13.4. The summed E-state index contributed by atoms with van der Waals surface area (Å²) in [6, 6.07) is 10.3. The Morgan fingerprint density at radius 1 is 1.23 bits per heavy atom. The highest BCUT2D eigenvalue weighted by Gasteiger charge is 2.26. The molecule has 1 fully saturated rings. The number of benzene rings is 1. The van der Waals surface area contributed by atoms with Crippen LogP contribution >= 0.6 is 0 Å². The molecule has 6 nitrogen and oxygen atoms in total. The van der Waals surface area contributed by atoms with E-state index in [1.54, 1.807) is 0 Å². The molecule has 1 aromatic rings. The standard InChI is InChI=1S/C8H15N3O2.C7H8.C3H9N.C2H6/c1-2-11-3-8(11)7(4-12)10-5-9-6-13;1-7-5-3-2-4-6-7;1-3-4-2;1-2/h4,9-10,13H,2-3,5-6H2,1H3;2-6H,1H3;4H,3H2,1-2H3;1-2H3/b8-7-;;;. The molecule has 1 saturated heterocycles. The second kappa shape index (κ2) is 19.4. The Labute approximate surface area is 159 Å². The zero-order valence-electron chi connectivity index (χ0n) is 17.3. The largest absolute Gasteiger partial charge is 0.381 e. The van der Waals surface area contributed by atoms with Crippen molar-refractivity contribution in [2.24, 2.45) is 0 Å². The highest BCUT2D eigenvalue weighted by atomic mass is 16.3. The fourth-order valence-electron chi connectivity index (χ4n) is 1.66. The topological polar surface area (TPSA) is 76.4 Å². The van der Waals surface area contributed by atoms with Crippen LogP contribution in [0, 0.1) is 6.92 Å². The van der Waals surface area contributed by atoms with Gasteiger partial charge in [0.2, 0.25) is 0 Å². The van der Waals surface area contributed by atoms with Crippen LogP contribution in [0.1, 0.15) is 33.3 Å². The predicted molar refractivity (Wildman–Crippen MR) is 111 cm³/mol. The summed E-state index contributed by atoms with van der Waals surface area (Å²) in [4.78, 5) is 12.7. The van der Waals surface area contributed by atoms with Crippen LogP contribution in [-0.4, -0.2) is 56.4 Å². The van der Waals surface area contributed by atoms with E-state index in [9.17, 15) is 4.79 Å². The minimum Gasteiger partial charge on any atom is -0.381 e. The first-order chi connectivity index (χ1) is 12.6. The number of aldehydes is 1. The Hall–Kier alpha value is -1.89.